The third-order valence-electron chi connectivity index (χ3n) is 3.10. The van der Waals surface area contributed by atoms with Crippen LogP contribution < -0.4 is 5.32 Å². The van der Waals surface area contributed by atoms with Crippen molar-refractivity contribution in [3.8, 4) is 6.07 Å². The monoisotopic (exact) mass is 256 g/mol. The zero-order valence-electron chi connectivity index (χ0n) is 11.4. The van der Waals surface area contributed by atoms with Crippen molar-refractivity contribution in [3.63, 3.8) is 0 Å². The van der Waals surface area contributed by atoms with E-state index in [4.69, 9.17) is 10.00 Å². The molecular formula is C13H24N2OS. The van der Waals surface area contributed by atoms with E-state index in [0.29, 0.717) is 11.8 Å². The van der Waals surface area contributed by atoms with Crippen LogP contribution in [-0.4, -0.2) is 35.3 Å². The smallest absolute Gasteiger partial charge is 0.0808 e. The van der Waals surface area contributed by atoms with Gasteiger partial charge in [0, 0.05) is 6.04 Å². The van der Waals surface area contributed by atoms with Crippen LogP contribution in [0.5, 0.6) is 0 Å². The summed E-state index contributed by atoms with van der Waals surface area (Å²) in [6, 6.07) is 2.58. The van der Waals surface area contributed by atoms with E-state index in [-0.39, 0.29) is 11.2 Å². The van der Waals surface area contributed by atoms with E-state index >= 15 is 0 Å². The molecule has 0 bridgehead atoms. The number of thioether (sulfide) groups is 1. The first-order valence-corrected chi connectivity index (χ1v) is 7.41. The summed E-state index contributed by atoms with van der Waals surface area (Å²) in [6.07, 6.45) is 2.17. The van der Waals surface area contributed by atoms with Crippen molar-refractivity contribution < 1.29 is 4.74 Å². The van der Waals surface area contributed by atoms with Gasteiger partial charge in [0.15, 0.2) is 0 Å². The molecule has 0 radical (unpaired) electrons. The van der Waals surface area contributed by atoms with Gasteiger partial charge in [-0.15, -0.1) is 11.8 Å². The minimum absolute atomic E-state index is 0.0171. The van der Waals surface area contributed by atoms with Gasteiger partial charge in [-0.1, -0.05) is 0 Å². The molecule has 1 N–H and O–H groups in total. The van der Waals surface area contributed by atoms with Gasteiger partial charge < -0.3 is 10.1 Å². The summed E-state index contributed by atoms with van der Waals surface area (Å²) in [5.74, 6) is 1.66. The van der Waals surface area contributed by atoms with Crippen molar-refractivity contribution in [2.45, 2.75) is 57.8 Å². The summed E-state index contributed by atoms with van der Waals surface area (Å²) in [7, 11) is 0. The summed E-state index contributed by atoms with van der Waals surface area (Å²) in [6.45, 7) is 9.62. The molecule has 1 unspecified atom stereocenters. The van der Waals surface area contributed by atoms with Crippen molar-refractivity contribution in [1.82, 2.24) is 5.32 Å². The standard InChI is InChI=1S/C13H24N2OS/c1-12(2)10-11(13(3,4)16-12)15-7-5-8-17-9-6-14/h11,15H,5,7-10H2,1-4H3. The summed E-state index contributed by atoms with van der Waals surface area (Å²) in [5.41, 5.74) is -0.0972. The lowest BCUT2D eigenvalue weighted by Crippen LogP contribution is -2.43. The lowest BCUT2D eigenvalue weighted by atomic mass is 9.94. The van der Waals surface area contributed by atoms with Crippen LogP contribution in [0, 0.1) is 11.3 Å². The molecule has 4 heteroatoms. The molecule has 0 aliphatic carbocycles. The number of nitrogens with one attached hydrogen (secondary N) is 1. The fourth-order valence-electron chi connectivity index (χ4n) is 2.45. The number of hydrogen-bond acceptors (Lipinski definition) is 4. The molecule has 0 aromatic carbocycles. The molecule has 0 aromatic rings. The SMILES string of the molecule is CC1(C)CC(NCCCSCC#N)C(C)(C)O1. The van der Waals surface area contributed by atoms with Crippen LogP contribution in [0.25, 0.3) is 0 Å². The molecule has 1 aliphatic heterocycles. The molecule has 0 amide bonds. The third-order valence-corrected chi connectivity index (χ3v) is 4.01. The van der Waals surface area contributed by atoms with E-state index in [1.54, 1.807) is 11.8 Å². The first-order valence-electron chi connectivity index (χ1n) is 6.26. The number of rotatable bonds is 6. The van der Waals surface area contributed by atoms with E-state index in [0.717, 1.165) is 25.1 Å². The number of nitrogens with zero attached hydrogens (tertiary/aromatic N) is 1. The molecular weight excluding hydrogens is 232 g/mol. The second kappa shape index (κ2) is 6.08. The van der Waals surface area contributed by atoms with E-state index in [1.807, 2.05) is 0 Å². The van der Waals surface area contributed by atoms with Gasteiger partial charge in [-0.05, 0) is 52.8 Å². The maximum absolute atomic E-state index is 8.42. The van der Waals surface area contributed by atoms with Crippen molar-refractivity contribution >= 4 is 11.8 Å². The number of ether oxygens (including phenoxy) is 1. The van der Waals surface area contributed by atoms with Crippen LogP contribution in [0.15, 0.2) is 0 Å². The van der Waals surface area contributed by atoms with Gasteiger partial charge in [0.25, 0.3) is 0 Å². The van der Waals surface area contributed by atoms with Crippen LogP contribution in [0.3, 0.4) is 0 Å². The minimum Gasteiger partial charge on any atom is -0.368 e. The zero-order chi connectivity index (χ0) is 12.9. The van der Waals surface area contributed by atoms with E-state index < -0.39 is 0 Å². The van der Waals surface area contributed by atoms with Crippen LogP contribution in [0.2, 0.25) is 0 Å². The van der Waals surface area contributed by atoms with Crippen molar-refractivity contribution in [3.05, 3.63) is 0 Å². The fourth-order valence-corrected chi connectivity index (χ4v) is 3.03. The molecule has 98 valence electrons. The lowest BCUT2D eigenvalue weighted by molar-refractivity contribution is -0.0697. The summed E-state index contributed by atoms with van der Waals surface area (Å²) in [4.78, 5) is 0. The van der Waals surface area contributed by atoms with Gasteiger partial charge in [-0.25, -0.2) is 0 Å². The second-order valence-electron chi connectivity index (χ2n) is 5.74. The number of hydrogen-bond donors (Lipinski definition) is 1. The highest BCUT2D eigenvalue weighted by molar-refractivity contribution is 7.99. The van der Waals surface area contributed by atoms with Crippen molar-refractivity contribution in [1.29, 1.82) is 5.26 Å². The normalized spacial score (nSPS) is 25.7. The minimum atomic E-state index is -0.0801. The average Bonchev–Trinajstić information content (AvgIpc) is 2.40. The third kappa shape index (κ3) is 4.87. The summed E-state index contributed by atoms with van der Waals surface area (Å²) < 4.78 is 6.03. The number of nitriles is 1. The first kappa shape index (κ1) is 14.8. The highest BCUT2D eigenvalue weighted by atomic mass is 32.2. The average molecular weight is 256 g/mol. The predicted molar refractivity (Wildman–Crippen MR) is 73.2 cm³/mol. The Morgan fingerprint density at radius 3 is 2.65 bits per heavy atom. The van der Waals surface area contributed by atoms with Gasteiger partial charge in [0.1, 0.15) is 0 Å². The second-order valence-corrected chi connectivity index (χ2v) is 6.85. The van der Waals surface area contributed by atoms with Gasteiger partial charge in [-0.3, -0.25) is 0 Å². The van der Waals surface area contributed by atoms with E-state index in [9.17, 15) is 0 Å². The molecule has 17 heavy (non-hydrogen) atoms. The van der Waals surface area contributed by atoms with Crippen LogP contribution >= 0.6 is 11.8 Å². The Balaban J connectivity index is 2.21. The molecule has 1 saturated heterocycles. The summed E-state index contributed by atoms with van der Waals surface area (Å²) >= 11 is 1.70. The van der Waals surface area contributed by atoms with Crippen molar-refractivity contribution in [2.24, 2.45) is 0 Å². The molecule has 3 nitrogen and oxygen atoms in total. The Morgan fingerprint density at radius 1 is 1.41 bits per heavy atom. The van der Waals surface area contributed by atoms with Gasteiger partial charge >= 0.3 is 0 Å². The summed E-state index contributed by atoms with van der Waals surface area (Å²) in [5, 5.41) is 12.0. The fraction of sp³-hybridized carbons (Fsp3) is 0.923. The molecule has 1 heterocycles. The highest BCUT2D eigenvalue weighted by Crippen LogP contribution is 2.37. The van der Waals surface area contributed by atoms with Crippen LogP contribution in [0.1, 0.15) is 40.5 Å². The molecule has 1 rings (SSSR count). The molecule has 1 fully saturated rings. The first-order chi connectivity index (χ1) is 7.87. The predicted octanol–water partition coefficient (Wildman–Crippen LogP) is 2.57. The van der Waals surface area contributed by atoms with Crippen LogP contribution in [0.4, 0.5) is 0 Å². The van der Waals surface area contributed by atoms with Gasteiger partial charge in [0.2, 0.25) is 0 Å². The maximum atomic E-state index is 8.42. The lowest BCUT2D eigenvalue weighted by Gasteiger charge is -2.27. The molecule has 0 aromatic heterocycles. The highest BCUT2D eigenvalue weighted by Gasteiger charge is 2.45. The topological polar surface area (TPSA) is 45.0 Å². The Kier molecular flexibility index (Phi) is 5.30. The Morgan fingerprint density at radius 2 is 2.12 bits per heavy atom. The quantitative estimate of drug-likeness (QED) is 0.742. The maximum Gasteiger partial charge on any atom is 0.0808 e. The van der Waals surface area contributed by atoms with Crippen LogP contribution in [-0.2, 0) is 4.74 Å². The van der Waals surface area contributed by atoms with Gasteiger partial charge in [0.05, 0.1) is 23.0 Å². The molecule has 1 atom stereocenters. The van der Waals surface area contributed by atoms with E-state index in [1.165, 1.54) is 0 Å². The molecule has 1 aliphatic rings. The molecule has 0 spiro atoms. The van der Waals surface area contributed by atoms with Gasteiger partial charge in [-0.2, -0.15) is 5.26 Å². The Labute approximate surface area is 109 Å². The Hall–Kier alpha value is -0.240. The van der Waals surface area contributed by atoms with Crippen molar-refractivity contribution in [2.75, 3.05) is 18.1 Å². The largest absolute Gasteiger partial charge is 0.368 e. The Bertz CT molecular complexity index is 284. The van der Waals surface area contributed by atoms with E-state index in [2.05, 4.69) is 39.1 Å². The molecule has 0 saturated carbocycles. The zero-order valence-corrected chi connectivity index (χ0v) is 12.2.